The van der Waals surface area contributed by atoms with Crippen molar-refractivity contribution in [2.45, 2.75) is 12.8 Å². The smallest absolute Gasteiger partial charge is 0.145 e. The number of hydrogen-bond donors (Lipinski definition) is 0. The Balaban J connectivity index is 1.77. The van der Waals surface area contributed by atoms with Crippen LogP contribution in [0.25, 0.3) is 22.0 Å². The molecule has 0 aliphatic carbocycles. The lowest BCUT2D eigenvalue weighted by molar-refractivity contribution is 0.415. The van der Waals surface area contributed by atoms with E-state index in [0.717, 1.165) is 46.5 Å². The fourth-order valence-electron chi connectivity index (χ4n) is 2.99. The van der Waals surface area contributed by atoms with Crippen LogP contribution in [-0.2, 0) is 0 Å². The number of anilines is 1. The van der Waals surface area contributed by atoms with Gasteiger partial charge in [0, 0.05) is 36.4 Å². The summed E-state index contributed by atoms with van der Waals surface area (Å²) in [5.74, 6) is 0.746. The van der Waals surface area contributed by atoms with Crippen LogP contribution in [0.5, 0.6) is 5.75 Å². The van der Waals surface area contributed by atoms with Crippen LogP contribution < -0.4 is 9.64 Å². The van der Waals surface area contributed by atoms with Gasteiger partial charge in [-0.3, -0.25) is 4.98 Å². The van der Waals surface area contributed by atoms with Gasteiger partial charge in [0.15, 0.2) is 0 Å². The van der Waals surface area contributed by atoms with Crippen LogP contribution in [0, 0.1) is 0 Å². The van der Waals surface area contributed by atoms with Gasteiger partial charge in [-0.15, -0.1) is 11.3 Å². The number of aromatic nitrogens is 3. The monoisotopic (exact) mass is 338 g/mol. The third kappa shape index (κ3) is 2.85. The Morgan fingerprint density at radius 3 is 2.79 bits per heavy atom. The van der Waals surface area contributed by atoms with Crippen molar-refractivity contribution in [3.8, 4) is 27.7 Å². The maximum absolute atomic E-state index is 5.52. The number of pyridine rings is 2. The molecule has 1 aliphatic heterocycles. The van der Waals surface area contributed by atoms with E-state index in [-0.39, 0.29) is 0 Å². The van der Waals surface area contributed by atoms with Crippen molar-refractivity contribution in [1.82, 2.24) is 15.0 Å². The number of rotatable bonds is 4. The summed E-state index contributed by atoms with van der Waals surface area (Å²) < 4.78 is 5.52. The lowest BCUT2D eigenvalue weighted by Crippen LogP contribution is -2.17. The van der Waals surface area contributed by atoms with Crippen molar-refractivity contribution in [1.29, 1.82) is 0 Å². The maximum Gasteiger partial charge on any atom is 0.145 e. The largest absolute Gasteiger partial charge is 0.494 e. The van der Waals surface area contributed by atoms with Gasteiger partial charge in [0.05, 0.1) is 24.7 Å². The number of hydrogen-bond acceptors (Lipinski definition) is 6. The summed E-state index contributed by atoms with van der Waals surface area (Å²) in [5.41, 5.74) is 3.77. The first-order chi connectivity index (χ1) is 11.8. The highest BCUT2D eigenvalue weighted by atomic mass is 32.1. The topological polar surface area (TPSA) is 51.1 Å². The van der Waals surface area contributed by atoms with Crippen molar-refractivity contribution in [2.24, 2.45) is 0 Å². The Morgan fingerprint density at radius 1 is 1.17 bits per heavy atom. The average Bonchev–Trinajstić information content (AvgIpc) is 3.35. The zero-order valence-corrected chi connectivity index (χ0v) is 14.3. The summed E-state index contributed by atoms with van der Waals surface area (Å²) in [4.78, 5) is 15.9. The van der Waals surface area contributed by atoms with Gasteiger partial charge in [0.2, 0.25) is 0 Å². The van der Waals surface area contributed by atoms with E-state index >= 15 is 0 Å². The second-order valence-corrected chi connectivity index (χ2v) is 6.61. The van der Waals surface area contributed by atoms with E-state index in [2.05, 4.69) is 20.9 Å². The lowest BCUT2D eigenvalue weighted by atomic mass is 10.1. The van der Waals surface area contributed by atoms with Crippen LogP contribution >= 0.6 is 11.3 Å². The highest BCUT2D eigenvalue weighted by Gasteiger charge is 2.16. The third-order valence-electron chi connectivity index (χ3n) is 4.20. The molecule has 3 aromatic heterocycles. The molecule has 0 amide bonds. The summed E-state index contributed by atoms with van der Waals surface area (Å²) in [5, 5.41) is 2.86. The molecular formula is C18H18N4OS. The molecule has 5 nitrogen and oxygen atoms in total. The van der Waals surface area contributed by atoms with E-state index in [0.29, 0.717) is 0 Å². The van der Waals surface area contributed by atoms with Crippen LogP contribution in [0.4, 0.5) is 5.69 Å². The highest BCUT2D eigenvalue weighted by molar-refractivity contribution is 7.13. The Labute approximate surface area is 145 Å². The zero-order valence-electron chi connectivity index (χ0n) is 13.5. The molecule has 122 valence electrons. The van der Waals surface area contributed by atoms with E-state index < -0.39 is 0 Å². The van der Waals surface area contributed by atoms with E-state index in [4.69, 9.17) is 9.72 Å². The predicted octanol–water partition coefficient (Wildman–Crippen LogP) is 3.88. The Kier molecular flexibility index (Phi) is 4.13. The molecule has 24 heavy (non-hydrogen) atoms. The number of ether oxygens (including phenoxy) is 1. The molecule has 0 atom stereocenters. The SMILES string of the molecule is COc1ccc(-c2nccs2)nc1-c1cncc(N2CCCC2)c1. The van der Waals surface area contributed by atoms with Crippen LogP contribution in [0.15, 0.2) is 42.2 Å². The van der Waals surface area contributed by atoms with E-state index in [9.17, 15) is 0 Å². The molecule has 0 spiro atoms. The lowest BCUT2D eigenvalue weighted by Gasteiger charge is -2.18. The first-order valence-corrected chi connectivity index (χ1v) is 8.88. The molecule has 0 bridgehead atoms. The Bertz CT molecular complexity index is 829. The number of nitrogens with zero attached hydrogens (tertiary/aromatic N) is 4. The first-order valence-electron chi connectivity index (χ1n) is 8.00. The molecule has 0 aromatic carbocycles. The summed E-state index contributed by atoms with van der Waals surface area (Å²) in [6.07, 6.45) is 8.04. The van der Waals surface area contributed by atoms with E-state index in [1.165, 1.54) is 12.8 Å². The molecule has 4 heterocycles. The van der Waals surface area contributed by atoms with Crippen molar-refractivity contribution < 1.29 is 4.74 Å². The Hall–Kier alpha value is -2.47. The molecule has 1 aliphatic rings. The van der Waals surface area contributed by atoms with Gasteiger partial charge in [-0.2, -0.15) is 0 Å². The molecule has 4 rings (SSSR count). The second kappa shape index (κ2) is 6.57. The Morgan fingerprint density at radius 2 is 2.04 bits per heavy atom. The first kappa shape index (κ1) is 15.1. The minimum Gasteiger partial charge on any atom is -0.494 e. The second-order valence-electron chi connectivity index (χ2n) is 5.71. The fraction of sp³-hybridized carbons (Fsp3) is 0.278. The van der Waals surface area contributed by atoms with Crippen LogP contribution in [0.3, 0.4) is 0 Å². The van der Waals surface area contributed by atoms with Gasteiger partial charge in [-0.05, 0) is 31.0 Å². The minimum atomic E-state index is 0.746. The van der Waals surface area contributed by atoms with E-state index in [1.807, 2.05) is 29.9 Å². The van der Waals surface area contributed by atoms with Crippen LogP contribution in [0.2, 0.25) is 0 Å². The van der Waals surface area contributed by atoms with Crippen LogP contribution in [0.1, 0.15) is 12.8 Å². The number of methoxy groups -OCH3 is 1. The van der Waals surface area contributed by atoms with Crippen molar-refractivity contribution in [2.75, 3.05) is 25.1 Å². The molecule has 0 unspecified atom stereocenters. The van der Waals surface area contributed by atoms with Gasteiger partial charge in [0.25, 0.3) is 0 Å². The molecule has 6 heteroatoms. The zero-order chi connectivity index (χ0) is 16.4. The molecular weight excluding hydrogens is 320 g/mol. The van der Waals surface area contributed by atoms with Gasteiger partial charge >= 0.3 is 0 Å². The quantitative estimate of drug-likeness (QED) is 0.723. The van der Waals surface area contributed by atoms with Crippen molar-refractivity contribution in [3.63, 3.8) is 0 Å². The summed E-state index contributed by atoms with van der Waals surface area (Å²) in [6, 6.07) is 6.04. The third-order valence-corrected chi connectivity index (χ3v) is 4.99. The molecule has 3 aromatic rings. The fourth-order valence-corrected chi connectivity index (χ4v) is 3.60. The van der Waals surface area contributed by atoms with Crippen LogP contribution in [-0.4, -0.2) is 35.2 Å². The molecule has 1 saturated heterocycles. The summed E-state index contributed by atoms with van der Waals surface area (Å²) >= 11 is 1.58. The van der Waals surface area contributed by atoms with Gasteiger partial charge in [0.1, 0.15) is 16.5 Å². The highest BCUT2D eigenvalue weighted by Crippen LogP contribution is 2.33. The maximum atomic E-state index is 5.52. The predicted molar refractivity (Wildman–Crippen MR) is 96.6 cm³/mol. The van der Waals surface area contributed by atoms with E-state index in [1.54, 1.807) is 24.6 Å². The standard InChI is InChI=1S/C18H18N4OS/c1-23-16-5-4-15(18-20-6-9-24-18)21-17(16)13-10-14(12-19-11-13)22-7-2-3-8-22/h4-6,9-12H,2-3,7-8H2,1H3. The summed E-state index contributed by atoms with van der Waals surface area (Å²) in [7, 11) is 1.67. The molecule has 0 saturated carbocycles. The van der Waals surface area contributed by atoms with Gasteiger partial charge in [-0.25, -0.2) is 9.97 Å². The minimum absolute atomic E-state index is 0.746. The molecule has 0 N–H and O–H groups in total. The summed E-state index contributed by atoms with van der Waals surface area (Å²) in [6.45, 7) is 2.18. The average molecular weight is 338 g/mol. The molecule has 1 fully saturated rings. The van der Waals surface area contributed by atoms with Gasteiger partial charge < -0.3 is 9.64 Å². The van der Waals surface area contributed by atoms with Gasteiger partial charge in [-0.1, -0.05) is 0 Å². The molecule has 0 radical (unpaired) electrons. The van der Waals surface area contributed by atoms with Crippen molar-refractivity contribution in [3.05, 3.63) is 42.2 Å². The van der Waals surface area contributed by atoms with Crippen molar-refractivity contribution >= 4 is 17.0 Å². The number of thiazole rings is 1. The normalized spacial score (nSPS) is 14.1.